The van der Waals surface area contributed by atoms with Crippen LogP contribution in [0.4, 0.5) is 11.4 Å². The molecule has 28 heavy (non-hydrogen) atoms. The molecule has 3 heteroatoms. The fourth-order valence-electron chi connectivity index (χ4n) is 4.37. The van der Waals surface area contributed by atoms with E-state index in [1.807, 2.05) is 18.2 Å². The molecule has 0 saturated carbocycles. The standard InChI is InChI=1S/C25H32N2O/c1-5-7-8-9-25(28)26-22-13-10-19(11-14-22)20-12-15-24-21(17-20)16-18(3)23(6-2)27(24)4/h5,10-15,17-18,23H,1,6-9,16H2,2-4H3,(H,26,28). The zero-order valence-corrected chi connectivity index (χ0v) is 17.4. The minimum absolute atomic E-state index is 0.0610. The highest BCUT2D eigenvalue weighted by Gasteiger charge is 2.28. The van der Waals surface area contributed by atoms with E-state index in [1.54, 1.807) is 0 Å². The summed E-state index contributed by atoms with van der Waals surface area (Å²) in [6, 6.07) is 15.6. The molecule has 0 bridgehead atoms. The summed E-state index contributed by atoms with van der Waals surface area (Å²) in [4.78, 5) is 14.4. The number of nitrogens with one attached hydrogen (secondary N) is 1. The Kier molecular flexibility index (Phi) is 6.56. The summed E-state index contributed by atoms with van der Waals surface area (Å²) in [5, 5.41) is 2.97. The second-order valence-corrected chi connectivity index (χ2v) is 7.92. The van der Waals surface area contributed by atoms with Gasteiger partial charge in [0.15, 0.2) is 0 Å². The number of hydrogen-bond donors (Lipinski definition) is 1. The maximum atomic E-state index is 12.0. The Labute approximate surface area is 169 Å². The van der Waals surface area contributed by atoms with Gasteiger partial charge in [0.2, 0.25) is 5.91 Å². The smallest absolute Gasteiger partial charge is 0.224 e. The monoisotopic (exact) mass is 376 g/mol. The Bertz CT molecular complexity index is 825. The number of rotatable bonds is 7. The lowest BCUT2D eigenvalue weighted by Gasteiger charge is -2.40. The number of amides is 1. The van der Waals surface area contributed by atoms with Gasteiger partial charge in [-0.1, -0.05) is 38.1 Å². The molecular formula is C25H32N2O. The van der Waals surface area contributed by atoms with Crippen molar-refractivity contribution in [2.75, 3.05) is 17.3 Å². The first-order valence-electron chi connectivity index (χ1n) is 10.4. The molecule has 3 rings (SSSR count). The van der Waals surface area contributed by atoms with Crippen LogP contribution < -0.4 is 10.2 Å². The number of carbonyl (C=O) groups is 1. The highest BCUT2D eigenvalue weighted by molar-refractivity contribution is 5.91. The van der Waals surface area contributed by atoms with Crippen molar-refractivity contribution in [1.82, 2.24) is 0 Å². The number of nitrogens with zero attached hydrogens (tertiary/aromatic N) is 1. The van der Waals surface area contributed by atoms with Crippen LogP contribution in [0.1, 0.15) is 45.1 Å². The maximum absolute atomic E-state index is 12.0. The van der Waals surface area contributed by atoms with Crippen LogP contribution in [-0.4, -0.2) is 19.0 Å². The molecule has 1 N–H and O–H groups in total. The van der Waals surface area contributed by atoms with Crippen LogP contribution in [0.2, 0.25) is 0 Å². The van der Waals surface area contributed by atoms with Gasteiger partial charge in [-0.15, -0.1) is 6.58 Å². The van der Waals surface area contributed by atoms with Crippen LogP contribution in [0.3, 0.4) is 0 Å². The van der Waals surface area contributed by atoms with Gasteiger partial charge in [0.25, 0.3) is 0 Å². The molecule has 2 atom stereocenters. The lowest BCUT2D eigenvalue weighted by Crippen LogP contribution is -2.41. The Hall–Kier alpha value is -2.55. The van der Waals surface area contributed by atoms with Crippen molar-refractivity contribution in [2.45, 2.75) is 52.0 Å². The molecule has 1 aliphatic heterocycles. The number of fused-ring (bicyclic) bond motifs is 1. The average molecular weight is 377 g/mol. The Morgan fingerprint density at radius 3 is 2.61 bits per heavy atom. The summed E-state index contributed by atoms with van der Waals surface area (Å²) < 4.78 is 0. The molecule has 2 aromatic rings. The highest BCUT2D eigenvalue weighted by Crippen LogP contribution is 2.36. The quantitative estimate of drug-likeness (QED) is 0.471. The summed E-state index contributed by atoms with van der Waals surface area (Å²) in [5.41, 5.74) is 6.05. The number of carbonyl (C=O) groups excluding carboxylic acids is 1. The van der Waals surface area contributed by atoms with Crippen molar-refractivity contribution in [2.24, 2.45) is 5.92 Å². The third kappa shape index (κ3) is 4.46. The van der Waals surface area contributed by atoms with Gasteiger partial charge in [-0.3, -0.25) is 4.79 Å². The van der Waals surface area contributed by atoms with Gasteiger partial charge in [-0.2, -0.15) is 0 Å². The second-order valence-electron chi connectivity index (χ2n) is 7.92. The SMILES string of the molecule is C=CCCCC(=O)Nc1ccc(-c2ccc3c(c2)CC(C)C(CC)N3C)cc1. The Morgan fingerprint density at radius 2 is 1.93 bits per heavy atom. The normalized spacial score (nSPS) is 18.5. The molecule has 1 aliphatic rings. The van der Waals surface area contributed by atoms with Gasteiger partial charge in [0.1, 0.15) is 0 Å². The van der Waals surface area contributed by atoms with E-state index in [4.69, 9.17) is 0 Å². The topological polar surface area (TPSA) is 32.3 Å². The van der Waals surface area contributed by atoms with Gasteiger partial charge in [-0.25, -0.2) is 0 Å². The molecule has 1 heterocycles. The van der Waals surface area contributed by atoms with E-state index in [0.29, 0.717) is 18.4 Å². The molecule has 1 amide bonds. The summed E-state index contributed by atoms with van der Waals surface area (Å²) in [6.07, 6.45) is 6.40. The minimum atomic E-state index is 0.0610. The molecule has 0 spiro atoms. The number of benzene rings is 2. The first-order valence-corrected chi connectivity index (χ1v) is 10.4. The highest BCUT2D eigenvalue weighted by atomic mass is 16.1. The maximum Gasteiger partial charge on any atom is 0.224 e. The van der Waals surface area contributed by atoms with Gasteiger partial charge in [0.05, 0.1) is 0 Å². The van der Waals surface area contributed by atoms with Crippen molar-refractivity contribution in [1.29, 1.82) is 0 Å². The summed E-state index contributed by atoms with van der Waals surface area (Å²) in [6.45, 7) is 8.32. The van der Waals surface area contributed by atoms with Gasteiger partial charge in [-0.05, 0) is 72.6 Å². The average Bonchev–Trinajstić information content (AvgIpc) is 2.68. The van der Waals surface area contributed by atoms with Crippen molar-refractivity contribution in [3.8, 4) is 11.1 Å². The molecule has 0 fully saturated rings. The fourth-order valence-corrected chi connectivity index (χ4v) is 4.37. The molecular weight excluding hydrogens is 344 g/mol. The van der Waals surface area contributed by atoms with E-state index in [1.165, 1.54) is 28.8 Å². The van der Waals surface area contributed by atoms with E-state index in [-0.39, 0.29) is 5.91 Å². The van der Waals surface area contributed by atoms with Gasteiger partial charge < -0.3 is 10.2 Å². The zero-order valence-electron chi connectivity index (χ0n) is 17.4. The molecule has 0 saturated heterocycles. The lowest BCUT2D eigenvalue weighted by atomic mass is 9.85. The molecule has 2 unspecified atom stereocenters. The Balaban J connectivity index is 1.72. The van der Waals surface area contributed by atoms with Crippen LogP contribution in [-0.2, 0) is 11.2 Å². The van der Waals surface area contributed by atoms with E-state index >= 15 is 0 Å². The number of unbranched alkanes of at least 4 members (excludes halogenated alkanes) is 1. The zero-order chi connectivity index (χ0) is 20.1. The lowest BCUT2D eigenvalue weighted by molar-refractivity contribution is -0.116. The summed E-state index contributed by atoms with van der Waals surface area (Å²) >= 11 is 0. The van der Waals surface area contributed by atoms with Crippen LogP contribution in [0.25, 0.3) is 11.1 Å². The molecule has 2 aromatic carbocycles. The predicted octanol–water partition coefficient (Wildman–Crippen LogP) is 6.06. The number of hydrogen-bond acceptors (Lipinski definition) is 2. The van der Waals surface area contributed by atoms with E-state index in [2.05, 4.69) is 68.0 Å². The van der Waals surface area contributed by atoms with Crippen molar-refractivity contribution >= 4 is 17.3 Å². The van der Waals surface area contributed by atoms with Crippen molar-refractivity contribution in [3.63, 3.8) is 0 Å². The molecule has 0 radical (unpaired) electrons. The number of allylic oxidation sites excluding steroid dienone is 1. The van der Waals surface area contributed by atoms with Gasteiger partial charge >= 0.3 is 0 Å². The second kappa shape index (κ2) is 9.09. The molecule has 148 valence electrons. The first-order chi connectivity index (χ1) is 13.5. The minimum Gasteiger partial charge on any atom is -0.371 e. The third-order valence-electron chi connectivity index (χ3n) is 5.89. The summed E-state index contributed by atoms with van der Waals surface area (Å²) in [5.74, 6) is 0.724. The van der Waals surface area contributed by atoms with Crippen LogP contribution in [0, 0.1) is 5.92 Å². The van der Waals surface area contributed by atoms with Crippen LogP contribution >= 0.6 is 0 Å². The van der Waals surface area contributed by atoms with E-state index < -0.39 is 0 Å². The van der Waals surface area contributed by atoms with E-state index in [0.717, 1.165) is 24.9 Å². The van der Waals surface area contributed by atoms with E-state index in [9.17, 15) is 4.79 Å². The van der Waals surface area contributed by atoms with Crippen LogP contribution in [0.5, 0.6) is 0 Å². The predicted molar refractivity (Wildman–Crippen MR) is 120 cm³/mol. The third-order valence-corrected chi connectivity index (χ3v) is 5.89. The fraction of sp³-hybridized carbons (Fsp3) is 0.400. The van der Waals surface area contributed by atoms with Crippen LogP contribution in [0.15, 0.2) is 55.1 Å². The molecule has 0 aliphatic carbocycles. The van der Waals surface area contributed by atoms with Crippen molar-refractivity contribution in [3.05, 3.63) is 60.7 Å². The summed E-state index contributed by atoms with van der Waals surface area (Å²) in [7, 11) is 2.22. The molecule has 0 aromatic heterocycles. The number of anilines is 2. The molecule has 3 nitrogen and oxygen atoms in total. The Morgan fingerprint density at radius 1 is 1.21 bits per heavy atom. The van der Waals surface area contributed by atoms with Crippen molar-refractivity contribution < 1.29 is 4.79 Å². The largest absolute Gasteiger partial charge is 0.371 e. The van der Waals surface area contributed by atoms with Gasteiger partial charge in [0, 0.05) is 30.9 Å². The first kappa shape index (κ1) is 20.2.